The highest BCUT2D eigenvalue weighted by Crippen LogP contribution is 2.48. The molecule has 0 amide bonds. The lowest BCUT2D eigenvalue weighted by molar-refractivity contribution is 0.444. The SMILES string of the molecule is Cc1cc(O)c(C(C)(C)C)cc1C(C)CC(c1cc(C(C)(C)C)c(O)cc1C)c1cc(C(C)(C)C)c(O)cc1C.Cc1cc(O)c(C(C)C)cc1C(C)CC(c1cc(C(C)C)c(O)cc1C)c1cc(C(C)C)c(O)cc1C. The topological polar surface area (TPSA) is 121 Å². The Balaban J connectivity index is 0.000000285. The summed E-state index contributed by atoms with van der Waals surface area (Å²) in [5.74, 6) is 3.31. The number of aromatic hydroxyl groups is 6. The highest BCUT2D eigenvalue weighted by molar-refractivity contribution is 5.55. The summed E-state index contributed by atoms with van der Waals surface area (Å²) < 4.78 is 0. The molecule has 2 unspecified atom stereocenters. The van der Waals surface area contributed by atoms with E-state index in [4.69, 9.17) is 0 Å². The lowest BCUT2D eigenvalue weighted by atomic mass is 9.74. The fraction of sp³-hybridized carbons (Fsp3) is 0.493. The average Bonchev–Trinajstić information content (AvgIpc) is 3.26. The summed E-state index contributed by atoms with van der Waals surface area (Å²) in [5, 5.41) is 64.5. The summed E-state index contributed by atoms with van der Waals surface area (Å²) in [6.45, 7) is 48.9. The Morgan fingerprint density at radius 1 is 0.273 bits per heavy atom. The molecule has 6 aromatic rings. The molecule has 0 aromatic heterocycles. The predicted octanol–water partition coefficient (Wildman–Crippen LogP) is 19.4. The van der Waals surface area contributed by atoms with E-state index in [1.807, 2.05) is 36.4 Å². The molecule has 0 heterocycles. The zero-order chi connectivity index (χ0) is 58.3. The van der Waals surface area contributed by atoms with E-state index in [1.54, 1.807) is 0 Å². The van der Waals surface area contributed by atoms with Crippen molar-refractivity contribution in [3.8, 4) is 34.5 Å². The first-order valence-corrected chi connectivity index (χ1v) is 28.4. The van der Waals surface area contributed by atoms with E-state index in [0.29, 0.717) is 34.5 Å². The second-order valence-corrected chi connectivity index (χ2v) is 27.1. The lowest BCUT2D eigenvalue weighted by Gasteiger charge is -2.31. The largest absolute Gasteiger partial charge is 0.508 e. The van der Waals surface area contributed by atoms with E-state index in [-0.39, 0.29) is 57.7 Å². The minimum absolute atomic E-state index is 0.0460. The molecule has 0 spiro atoms. The zero-order valence-corrected chi connectivity index (χ0v) is 51.6. The van der Waals surface area contributed by atoms with Crippen LogP contribution < -0.4 is 0 Å². The van der Waals surface area contributed by atoms with Crippen LogP contribution in [0.25, 0.3) is 0 Å². The normalized spacial score (nSPS) is 13.2. The maximum absolute atomic E-state index is 10.9. The van der Waals surface area contributed by atoms with Gasteiger partial charge in [-0.1, -0.05) is 154 Å². The van der Waals surface area contributed by atoms with Gasteiger partial charge in [0.1, 0.15) is 34.5 Å². The number of phenols is 6. The maximum atomic E-state index is 10.9. The molecule has 0 bridgehead atoms. The molecule has 0 aliphatic heterocycles. The molecule has 6 N–H and O–H groups in total. The minimum atomic E-state index is -0.210. The number of hydrogen-bond acceptors (Lipinski definition) is 6. The maximum Gasteiger partial charge on any atom is 0.119 e. The van der Waals surface area contributed by atoms with Gasteiger partial charge >= 0.3 is 0 Å². The van der Waals surface area contributed by atoms with Gasteiger partial charge in [-0.15, -0.1) is 0 Å². The first-order valence-electron chi connectivity index (χ1n) is 28.4. The van der Waals surface area contributed by atoms with E-state index in [2.05, 4.69) is 196 Å². The number of rotatable bonds is 13. The number of benzene rings is 6. The molecule has 6 heteroatoms. The molecular weight excluding hydrogens is 949 g/mol. The van der Waals surface area contributed by atoms with Gasteiger partial charge in [0.25, 0.3) is 0 Å². The van der Waals surface area contributed by atoms with Gasteiger partial charge in [0.2, 0.25) is 0 Å². The van der Waals surface area contributed by atoms with Crippen molar-refractivity contribution >= 4 is 0 Å². The van der Waals surface area contributed by atoms with E-state index in [9.17, 15) is 30.6 Å². The average molecular weight is 1050 g/mol. The molecule has 0 saturated carbocycles. The second kappa shape index (κ2) is 23.6. The van der Waals surface area contributed by atoms with Gasteiger partial charge in [0.05, 0.1) is 0 Å². The van der Waals surface area contributed by atoms with Crippen LogP contribution in [0.5, 0.6) is 34.5 Å². The smallest absolute Gasteiger partial charge is 0.119 e. The quantitative estimate of drug-likeness (QED) is 0.0685. The zero-order valence-electron chi connectivity index (χ0n) is 51.6. The van der Waals surface area contributed by atoms with Gasteiger partial charge < -0.3 is 30.6 Å². The van der Waals surface area contributed by atoms with Crippen molar-refractivity contribution in [1.82, 2.24) is 0 Å². The predicted molar refractivity (Wildman–Crippen MR) is 325 cm³/mol. The summed E-state index contributed by atoms with van der Waals surface area (Å²) in [7, 11) is 0. The Kier molecular flexibility index (Phi) is 19.0. The molecular formula is C71H98O6. The van der Waals surface area contributed by atoms with Crippen LogP contribution in [0, 0.1) is 41.5 Å². The first kappa shape index (κ1) is 62.0. The van der Waals surface area contributed by atoms with Crippen LogP contribution in [-0.4, -0.2) is 30.6 Å². The van der Waals surface area contributed by atoms with Gasteiger partial charge in [0, 0.05) is 11.8 Å². The summed E-state index contributed by atoms with van der Waals surface area (Å²) in [4.78, 5) is 0. The fourth-order valence-electron chi connectivity index (χ4n) is 11.9. The standard InChI is InChI=1S/C37H52O3.C34H46O3/c1-21(25-18-29(35(5,6)7)32(38)15-22(25)2)14-28(26-19-30(36(8,9)10)33(39)16-23(26)3)27-20-31(37(11,12)13)34(40)17-24(27)4;1-18(2)25-15-28(22(8)12-32(25)35)21(7)11-31(29-16-26(19(3)4)33(36)13-23(29)9)30-17-27(20(5)6)34(37)14-24(30)10/h15-21,28,38-40H,14H2,1-13H3;12-21,31,35-37H,11H2,1-10H3. The van der Waals surface area contributed by atoms with Crippen LogP contribution in [-0.2, 0) is 16.2 Å². The Morgan fingerprint density at radius 3 is 0.714 bits per heavy atom. The molecule has 2 atom stereocenters. The van der Waals surface area contributed by atoms with Gasteiger partial charge in [-0.2, -0.15) is 0 Å². The molecule has 77 heavy (non-hydrogen) atoms. The third-order valence-corrected chi connectivity index (χ3v) is 16.4. The lowest BCUT2D eigenvalue weighted by Crippen LogP contribution is -2.17. The third kappa shape index (κ3) is 14.1. The Hall–Kier alpha value is -5.88. The summed E-state index contributed by atoms with van der Waals surface area (Å²) >= 11 is 0. The van der Waals surface area contributed by atoms with Crippen molar-refractivity contribution < 1.29 is 30.6 Å². The van der Waals surface area contributed by atoms with Crippen molar-refractivity contribution in [2.24, 2.45) is 0 Å². The molecule has 0 radical (unpaired) electrons. The number of phenolic OH excluding ortho intramolecular Hbond substituents is 6. The summed E-state index contributed by atoms with van der Waals surface area (Å²) in [6, 6.07) is 24.6. The Morgan fingerprint density at radius 2 is 0.468 bits per heavy atom. The third-order valence-electron chi connectivity index (χ3n) is 16.4. The van der Waals surface area contributed by atoms with Crippen LogP contribution in [0.4, 0.5) is 0 Å². The van der Waals surface area contributed by atoms with E-state index in [1.165, 1.54) is 33.4 Å². The molecule has 0 fully saturated rings. The van der Waals surface area contributed by atoms with E-state index in [0.717, 1.165) is 79.6 Å². The number of hydrogen-bond donors (Lipinski definition) is 6. The number of aryl methyl sites for hydroxylation is 6. The highest BCUT2D eigenvalue weighted by atomic mass is 16.3. The molecule has 6 aromatic carbocycles. The molecule has 0 saturated heterocycles. The van der Waals surface area contributed by atoms with Crippen molar-refractivity contribution in [3.63, 3.8) is 0 Å². The summed E-state index contributed by atoms with van der Waals surface area (Å²) in [5.41, 5.74) is 19.0. The van der Waals surface area contributed by atoms with Gasteiger partial charge in [-0.3, -0.25) is 0 Å². The molecule has 6 nitrogen and oxygen atoms in total. The van der Waals surface area contributed by atoms with Crippen LogP contribution >= 0.6 is 0 Å². The van der Waals surface area contributed by atoms with Crippen molar-refractivity contribution in [1.29, 1.82) is 0 Å². The monoisotopic (exact) mass is 1050 g/mol. The second-order valence-electron chi connectivity index (χ2n) is 27.1. The van der Waals surface area contributed by atoms with Crippen molar-refractivity contribution in [2.45, 2.75) is 230 Å². The van der Waals surface area contributed by atoms with Crippen molar-refractivity contribution in [3.05, 3.63) is 173 Å². The van der Waals surface area contributed by atoms with Gasteiger partial charge in [-0.05, 0) is 237 Å². The molecule has 0 aliphatic rings. The Bertz CT molecular complexity index is 2940. The van der Waals surface area contributed by atoms with E-state index >= 15 is 0 Å². The van der Waals surface area contributed by atoms with Gasteiger partial charge in [-0.25, -0.2) is 0 Å². The Labute approximate surface area is 465 Å². The minimum Gasteiger partial charge on any atom is -0.508 e. The fourth-order valence-corrected chi connectivity index (χ4v) is 11.9. The molecule has 0 aliphatic carbocycles. The summed E-state index contributed by atoms with van der Waals surface area (Å²) in [6.07, 6.45) is 1.72. The first-order chi connectivity index (χ1) is 35.3. The van der Waals surface area contributed by atoms with Crippen LogP contribution in [0.15, 0.2) is 72.8 Å². The van der Waals surface area contributed by atoms with Crippen LogP contribution in [0.1, 0.15) is 272 Å². The van der Waals surface area contributed by atoms with Crippen LogP contribution in [0.3, 0.4) is 0 Å². The van der Waals surface area contributed by atoms with Crippen LogP contribution in [0.2, 0.25) is 0 Å². The molecule has 418 valence electrons. The van der Waals surface area contributed by atoms with E-state index < -0.39 is 0 Å². The van der Waals surface area contributed by atoms with Crippen molar-refractivity contribution in [2.75, 3.05) is 0 Å². The van der Waals surface area contributed by atoms with Gasteiger partial charge in [0.15, 0.2) is 0 Å². The highest BCUT2D eigenvalue weighted by Gasteiger charge is 2.31. The molecule has 6 rings (SSSR count).